The van der Waals surface area contributed by atoms with Crippen molar-refractivity contribution in [3.63, 3.8) is 0 Å². The summed E-state index contributed by atoms with van der Waals surface area (Å²) in [6.07, 6.45) is 89.7. The van der Waals surface area contributed by atoms with Crippen LogP contribution in [-0.2, 0) is 4.74 Å². The van der Waals surface area contributed by atoms with E-state index in [9.17, 15) is 0 Å². The molecule has 0 radical (unpaired) electrons. The predicted molar refractivity (Wildman–Crippen MR) is 317 cm³/mol. The minimum atomic E-state index is 0.976. The van der Waals surface area contributed by atoms with Crippen molar-refractivity contribution in [1.82, 2.24) is 0 Å². The molecule has 0 aliphatic carbocycles. The van der Waals surface area contributed by atoms with Gasteiger partial charge in [0, 0.05) is 13.2 Å². The number of ether oxygens (including phenoxy) is 1. The lowest BCUT2D eigenvalue weighted by Crippen LogP contribution is -2.03. The van der Waals surface area contributed by atoms with E-state index in [1.807, 2.05) is 0 Å². The highest BCUT2D eigenvalue weighted by atomic mass is 16.5. The van der Waals surface area contributed by atoms with E-state index in [4.69, 9.17) is 4.74 Å². The molecule has 412 valence electrons. The summed E-state index contributed by atoms with van der Waals surface area (Å²) in [4.78, 5) is 0. The first-order valence-electron chi connectivity index (χ1n) is 33.2. The number of allylic oxidation sites excluding steroid dienone is 4. The average molecular weight is 968 g/mol. The monoisotopic (exact) mass is 967 g/mol. The second kappa shape index (κ2) is 63.6. The molecule has 0 spiro atoms. The molecule has 1 heteroatoms. The molecule has 0 saturated carbocycles. The fraction of sp³-hybridized carbons (Fsp3) is 0.941. The quantitative estimate of drug-likeness (QED) is 0.0436. The Labute approximate surface area is 439 Å². The SMILES string of the molecule is CCCCCCCC/C=C\CCCCCCCCC(CCCCCCCCCC)CCCCCOCCCCCC(CCCCCCCC/C=C\CCCCCCCC)CCCCCCCCCC. The Morgan fingerprint density at radius 3 is 0.594 bits per heavy atom. The Balaban J connectivity index is 4.26. The number of hydrogen-bond acceptors (Lipinski definition) is 1. The zero-order chi connectivity index (χ0) is 49.7. The Morgan fingerprint density at radius 2 is 0.377 bits per heavy atom. The first-order chi connectivity index (χ1) is 34.3. The van der Waals surface area contributed by atoms with Crippen LogP contribution in [0.1, 0.15) is 387 Å². The van der Waals surface area contributed by atoms with Crippen molar-refractivity contribution in [3.05, 3.63) is 24.3 Å². The van der Waals surface area contributed by atoms with Crippen LogP contribution in [0.3, 0.4) is 0 Å². The summed E-state index contributed by atoms with van der Waals surface area (Å²) in [5.41, 5.74) is 0. The molecule has 0 aromatic rings. The fourth-order valence-corrected chi connectivity index (χ4v) is 11.1. The van der Waals surface area contributed by atoms with Gasteiger partial charge in [-0.1, -0.05) is 347 Å². The van der Waals surface area contributed by atoms with Crippen molar-refractivity contribution >= 4 is 0 Å². The van der Waals surface area contributed by atoms with Crippen molar-refractivity contribution < 1.29 is 4.74 Å². The van der Waals surface area contributed by atoms with Gasteiger partial charge in [-0.15, -0.1) is 0 Å². The Morgan fingerprint density at radius 1 is 0.203 bits per heavy atom. The van der Waals surface area contributed by atoms with Crippen LogP contribution in [0, 0.1) is 11.8 Å². The molecule has 2 unspecified atom stereocenters. The lowest BCUT2D eigenvalue weighted by atomic mass is 9.89. The molecule has 0 heterocycles. The van der Waals surface area contributed by atoms with E-state index in [1.165, 1.54) is 360 Å². The van der Waals surface area contributed by atoms with E-state index in [2.05, 4.69) is 52.0 Å². The number of unbranched alkanes of at least 4 members (excludes halogenated alkanes) is 42. The molecule has 0 fully saturated rings. The van der Waals surface area contributed by atoms with Gasteiger partial charge < -0.3 is 4.74 Å². The second-order valence-electron chi connectivity index (χ2n) is 23.0. The summed E-state index contributed by atoms with van der Waals surface area (Å²) in [5, 5.41) is 0. The molecule has 0 N–H and O–H groups in total. The fourth-order valence-electron chi connectivity index (χ4n) is 11.1. The number of rotatable bonds is 62. The summed E-state index contributed by atoms with van der Waals surface area (Å²) in [6, 6.07) is 0. The van der Waals surface area contributed by atoms with Gasteiger partial charge in [0.05, 0.1) is 0 Å². The zero-order valence-electron chi connectivity index (χ0n) is 48.9. The molecule has 2 atom stereocenters. The van der Waals surface area contributed by atoms with Gasteiger partial charge in [-0.3, -0.25) is 0 Å². The van der Waals surface area contributed by atoms with Crippen LogP contribution in [0.15, 0.2) is 24.3 Å². The van der Waals surface area contributed by atoms with E-state index in [-0.39, 0.29) is 0 Å². The van der Waals surface area contributed by atoms with Crippen LogP contribution in [-0.4, -0.2) is 13.2 Å². The van der Waals surface area contributed by atoms with Crippen molar-refractivity contribution in [2.75, 3.05) is 13.2 Å². The maximum Gasteiger partial charge on any atom is 0.0466 e. The Bertz CT molecular complexity index is 860. The van der Waals surface area contributed by atoms with Crippen LogP contribution in [0.5, 0.6) is 0 Å². The Kier molecular flexibility index (Phi) is 63.0. The van der Waals surface area contributed by atoms with Crippen LogP contribution in [0.4, 0.5) is 0 Å². The smallest absolute Gasteiger partial charge is 0.0466 e. The maximum absolute atomic E-state index is 6.22. The third-order valence-electron chi connectivity index (χ3n) is 16.0. The van der Waals surface area contributed by atoms with Crippen LogP contribution in [0.2, 0.25) is 0 Å². The van der Waals surface area contributed by atoms with Gasteiger partial charge in [-0.2, -0.15) is 0 Å². The van der Waals surface area contributed by atoms with E-state index < -0.39 is 0 Å². The minimum absolute atomic E-state index is 0.976. The molecule has 0 rings (SSSR count). The summed E-state index contributed by atoms with van der Waals surface area (Å²) < 4.78 is 6.22. The largest absolute Gasteiger partial charge is 0.381 e. The normalized spacial score (nSPS) is 12.9. The number of hydrogen-bond donors (Lipinski definition) is 0. The highest BCUT2D eigenvalue weighted by Gasteiger charge is 2.11. The predicted octanol–water partition coefficient (Wildman–Crippen LogP) is 25.3. The van der Waals surface area contributed by atoms with Gasteiger partial charge in [0.15, 0.2) is 0 Å². The lowest BCUT2D eigenvalue weighted by molar-refractivity contribution is 0.125. The van der Waals surface area contributed by atoms with Crippen molar-refractivity contribution in [2.24, 2.45) is 11.8 Å². The molecular weight excluding hydrogens is 833 g/mol. The average Bonchev–Trinajstić information content (AvgIpc) is 3.36. The van der Waals surface area contributed by atoms with Crippen molar-refractivity contribution in [2.45, 2.75) is 387 Å². The summed E-state index contributed by atoms with van der Waals surface area (Å²) >= 11 is 0. The zero-order valence-corrected chi connectivity index (χ0v) is 48.9. The molecule has 0 amide bonds. The van der Waals surface area contributed by atoms with Crippen LogP contribution in [0.25, 0.3) is 0 Å². The van der Waals surface area contributed by atoms with Crippen molar-refractivity contribution in [3.8, 4) is 0 Å². The molecule has 0 aliphatic rings. The summed E-state index contributed by atoms with van der Waals surface area (Å²) in [7, 11) is 0. The van der Waals surface area contributed by atoms with Crippen LogP contribution >= 0.6 is 0 Å². The van der Waals surface area contributed by atoms with Crippen molar-refractivity contribution in [1.29, 1.82) is 0 Å². The molecule has 0 saturated heterocycles. The van der Waals surface area contributed by atoms with Crippen LogP contribution < -0.4 is 0 Å². The highest BCUT2D eigenvalue weighted by Crippen LogP contribution is 2.26. The molecule has 69 heavy (non-hydrogen) atoms. The van der Waals surface area contributed by atoms with Gasteiger partial charge in [0.25, 0.3) is 0 Å². The third-order valence-corrected chi connectivity index (χ3v) is 16.0. The first-order valence-corrected chi connectivity index (χ1v) is 33.2. The molecule has 0 aromatic heterocycles. The van der Waals surface area contributed by atoms with E-state index >= 15 is 0 Å². The van der Waals surface area contributed by atoms with Gasteiger partial charge in [0.2, 0.25) is 0 Å². The van der Waals surface area contributed by atoms with E-state index in [1.54, 1.807) is 0 Å². The minimum Gasteiger partial charge on any atom is -0.381 e. The lowest BCUT2D eigenvalue weighted by Gasteiger charge is -2.17. The molecular formula is C68H134O. The molecule has 0 bridgehead atoms. The topological polar surface area (TPSA) is 9.23 Å². The van der Waals surface area contributed by atoms with Gasteiger partial charge in [0.1, 0.15) is 0 Å². The molecule has 0 aromatic carbocycles. The van der Waals surface area contributed by atoms with E-state index in [0.29, 0.717) is 0 Å². The van der Waals surface area contributed by atoms with Gasteiger partial charge in [-0.25, -0.2) is 0 Å². The molecule has 0 aliphatic heterocycles. The second-order valence-corrected chi connectivity index (χ2v) is 23.0. The van der Waals surface area contributed by atoms with E-state index in [0.717, 1.165) is 25.0 Å². The maximum atomic E-state index is 6.22. The molecule has 1 nitrogen and oxygen atoms in total. The third kappa shape index (κ3) is 59.9. The summed E-state index contributed by atoms with van der Waals surface area (Å²) in [6.45, 7) is 11.3. The van der Waals surface area contributed by atoms with Gasteiger partial charge >= 0.3 is 0 Å². The summed E-state index contributed by atoms with van der Waals surface area (Å²) in [5.74, 6) is 1.95. The Hall–Kier alpha value is -0.560. The highest BCUT2D eigenvalue weighted by molar-refractivity contribution is 4.82. The van der Waals surface area contributed by atoms with Gasteiger partial charge in [-0.05, 0) is 76.0 Å². The standard InChI is InChI=1S/C68H134O/c1-5-9-13-17-21-25-27-29-31-33-35-37-39-43-47-53-61-67(59-51-45-41-23-19-15-11-7-3)63-55-49-57-65-69-66-58-50-56-64-68(60-52-46-42-24-20-16-12-8-4)62-54-48-44-40-38-36-34-32-30-28-26-22-18-14-10-6-2/h29-32,67-68H,5-28,33-66H2,1-4H3/b31-29-,32-30-. The first kappa shape index (κ1) is 68.4.